The number of rotatable bonds is 10. The van der Waals surface area contributed by atoms with Gasteiger partial charge in [0.2, 0.25) is 5.91 Å². The minimum Gasteiger partial charge on any atom is -0.497 e. The smallest absolute Gasteiger partial charge is 0.420 e. The Labute approximate surface area is 229 Å². The molecule has 3 rings (SSSR count). The molecule has 2 amide bonds. The van der Waals surface area contributed by atoms with E-state index in [0.717, 1.165) is 12.3 Å². The lowest BCUT2D eigenvalue weighted by molar-refractivity contribution is -0.138. The highest BCUT2D eigenvalue weighted by molar-refractivity contribution is 6.13. The van der Waals surface area contributed by atoms with Crippen molar-refractivity contribution in [2.45, 2.75) is 50.0 Å². The zero-order valence-corrected chi connectivity index (χ0v) is 21.8. The number of nitrogens with one attached hydrogen (secondary N) is 2. The number of aliphatic hydroxyl groups excluding tert-OH is 1. The number of nitrogens with two attached hydrogens (primary N) is 1. The van der Waals surface area contributed by atoms with Crippen molar-refractivity contribution >= 4 is 18.0 Å². The molecular weight excluding hydrogens is 529 g/mol. The molecule has 5 N–H and O–H groups in total. The van der Waals surface area contributed by atoms with Crippen LogP contribution in [-0.4, -0.2) is 41.9 Å². The zero-order chi connectivity index (χ0) is 29.3. The predicted molar refractivity (Wildman–Crippen MR) is 143 cm³/mol. The summed E-state index contributed by atoms with van der Waals surface area (Å²) in [6, 6.07) is 9.57. The fourth-order valence-electron chi connectivity index (χ4n) is 4.20. The van der Waals surface area contributed by atoms with Crippen molar-refractivity contribution in [3.8, 4) is 17.2 Å². The second-order valence-corrected chi connectivity index (χ2v) is 9.14. The lowest BCUT2D eigenvalue weighted by Crippen LogP contribution is -2.61. The first-order valence-corrected chi connectivity index (χ1v) is 12.4. The van der Waals surface area contributed by atoms with Gasteiger partial charge in [-0.25, -0.2) is 0 Å². The van der Waals surface area contributed by atoms with Gasteiger partial charge < -0.3 is 30.9 Å². The molecule has 214 valence electrons. The van der Waals surface area contributed by atoms with Crippen LogP contribution in [0.25, 0.3) is 0 Å². The number of benzene rings is 2. The molecule has 0 radical (unpaired) electrons. The van der Waals surface area contributed by atoms with Gasteiger partial charge in [-0.2, -0.15) is 13.2 Å². The van der Waals surface area contributed by atoms with Crippen molar-refractivity contribution in [2.24, 2.45) is 10.7 Å². The van der Waals surface area contributed by atoms with Crippen LogP contribution in [0.5, 0.6) is 17.2 Å². The van der Waals surface area contributed by atoms with Crippen molar-refractivity contribution in [2.75, 3.05) is 7.11 Å². The van der Waals surface area contributed by atoms with Gasteiger partial charge in [-0.15, -0.1) is 0 Å². The number of methoxy groups -OCH3 is 1. The molecule has 1 fully saturated rings. The first-order valence-electron chi connectivity index (χ1n) is 12.4. The van der Waals surface area contributed by atoms with E-state index in [9.17, 15) is 27.9 Å². The molecule has 2 aromatic carbocycles. The van der Waals surface area contributed by atoms with Gasteiger partial charge in [0.25, 0.3) is 5.91 Å². The van der Waals surface area contributed by atoms with Crippen LogP contribution in [0.1, 0.15) is 36.8 Å². The molecule has 9 nitrogen and oxygen atoms in total. The second kappa shape index (κ2) is 13.2. The average Bonchev–Trinajstić information content (AvgIpc) is 2.94. The Balaban J connectivity index is 1.70. The van der Waals surface area contributed by atoms with E-state index >= 15 is 0 Å². The van der Waals surface area contributed by atoms with Crippen molar-refractivity contribution in [1.82, 2.24) is 10.6 Å². The number of halogens is 3. The molecular formula is C28H31F3N4O5. The topological polar surface area (TPSA) is 135 Å². The van der Waals surface area contributed by atoms with Gasteiger partial charge in [0.1, 0.15) is 28.4 Å². The molecule has 0 heterocycles. The van der Waals surface area contributed by atoms with Crippen molar-refractivity contribution in [3.63, 3.8) is 0 Å². The van der Waals surface area contributed by atoms with E-state index in [2.05, 4.69) is 22.2 Å². The van der Waals surface area contributed by atoms with Crippen molar-refractivity contribution < 1.29 is 37.3 Å². The lowest BCUT2D eigenvalue weighted by Gasteiger charge is -2.38. The Morgan fingerprint density at radius 3 is 2.40 bits per heavy atom. The van der Waals surface area contributed by atoms with Gasteiger partial charge in [-0.05, 0) is 61.6 Å². The number of alkyl halides is 3. The van der Waals surface area contributed by atoms with Crippen molar-refractivity contribution in [3.05, 3.63) is 78.1 Å². The summed E-state index contributed by atoms with van der Waals surface area (Å²) in [6.45, 7) is 3.52. The molecule has 1 aliphatic carbocycles. The van der Waals surface area contributed by atoms with Crippen LogP contribution < -0.4 is 25.8 Å². The third-order valence-electron chi connectivity index (χ3n) is 6.45. The first kappa shape index (κ1) is 30.2. The van der Waals surface area contributed by atoms with Gasteiger partial charge in [0.05, 0.1) is 18.8 Å². The number of carbonyl (C=O) groups is 2. The zero-order valence-electron chi connectivity index (χ0n) is 21.8. The van der Waals surface area contributed by atoms with E-state index in [1.165, 1.54) is 43.8 Å². The van der Waals surface area contributed by atoms with Crippen LogP contribution in [-0.2, 0) is 22.3 Å². The fourth-order valence-corrected chi connectivity index (χ4v) is 4.20. The van der Waals surface area contributed by atoms with Gasteiger partial charge in [0, 0.05) is 25.2 Å². The Hall–Kier alpha value is -4.32. The minimum atomic E-state index is -4.65. The summed E-state index contributed by atoms with van der Waals surface area (Å²) in [7, 11) is 1.27. The maximum Gasteiger partial charge on any atom is 0.420 e. The molecule has 0 saturated heterocycles. The Morgan fingerprint density at radius 1 is 1.18 bits per heavy atom. The highest BCUT2D eigenvalue weighted by atomic mass is 19.4. The van der Waals surface area contributed by atoms with Crippen LogP contribution >= 0.6 is 0 Å². The predicted octanol–water partition coefficient (Wildman–Crippen LogP) is 3.97. The number of amides is 2. The molecule has 0 aromatic heterocycles. The Morgan fingerprint density at radius 2 is 1.82 bits per heavy atom. The normalized spacial score (nSPS) is 19.6. The van der Waals surface area contributed by atoms with E-state index in [-0.39, 0.29) is 42.2 Å². The van der Waals surface area contributed by atoms with Gasteiger partial charge in [-0.1, -0.05) is 18.7 Å². The van der Waals surface area contributed by atoms with E-state index in [0.29, 0.717) is 18.4 Å². The number of aliphatic imine (C=N–C) groups is 1. The van der Waals surface area contributed by atoms with E-state index < -0.39 is 35.2 Å². The highest BCUT2D eigenvalue weighted by Gasteiger charge is 2.43. The monoisotopic (exact) mass is 560 g/mol. The summed E-state index contributed by atoms with van der Waals surface area (Å²) in [5, 5.41) is 15.5. The van der Waals surface area contributed by atoms with Crippen molar-refractivity contribution in [1.29, 1.82) is 0 Å². The van der Waals surface area contributed by atoms with E-state index in [1.807, 2.05) is 0 Å². The number of carbonyl (C=O) groups excluding carboxylic acids is 2. The maximum absolute atomic E-state index is 13.5. The summed E-state index contributed by atoms with van der Waals surface area (Å²) in [5.41, 5.74) is 3.97. The average molecular weight is 561 g/mol. The number of nitrogens with zero attached hydrogens (tertiary/aromatic N) is 1. The number of hydrogen-bond acceptors (Lipinski definition) is 7. The van der Waals surface area contributed by atoms with Crippen LogP contribution in [0, 0.1) is 0 Å². The molecule has 0 atom stereocenters. The molecule has 40 heavy (non-hydrogen) atoms. The summed E-state index contributed by atoms with van der Waals surface area (Å²) < 4.78 is 50.8. The minimum absolute atomic E-state index is 0.0410. The quantitative estimate of drug-likeness (QED) is 0.257. The number of aliphatic hydroxyl groups is 1. The first-order chi connectivity index (χ1) is 19.0. The molecule has 12 heteroatoms. The lowest BCUT2D eigenvalue weighted by atomic mass is 9.79. The van der Waals surface area contributed by atoms with E-state index in [4.69, 9.17) is 15.2 Å². The Bertz CT molecular complexity index is 1270. The molecule has 0 bridgehead atoms. The SMILES string of the molecule is C=C/N=C\C(=C/N)C(=O)NC1(C(=O)NCc2ccc(Oc3ccc(OC)cc3C(F)(F)F)cc2)CCC(O)CC1. The summed E-state index contributed by atoms with van der Waals surface area (Å²) in [5.74, 6) is -1.21. The number of hydrogen-bond donors (Lipinski definition) is 4. The van der Waals surface area contributed by atoms with E-state index in [1.54, 1.807) is 12.1 Å². The van der Waals surface area contributed by atoms with Crippen LogP contribution in [0.3, 0.4) is 0 Å². The Kier molecular flexibility index (Phi) is 9.94. The largest absolute Gasteiger partial charge is 0.497 e. The molecule has 1 aliphatic rings. The summed E-state index contributed by atoms with van der Waals surface area (Å²) in [4.78, 5) is 29.9. The van der Waals surface area contributed by atoms with Gasteiger partial charge in [-0.3, -0.25) is 14.6 Å². The van der Waals surface area contributed by atoms with Gasteiger partial charge in [0.15, 0.2) is 0 Å². The highest BCUT2D eigenvalue weighted by Crippen LogP contribution is 2.40. The standard InChI is InChI=1S/C28H31F3N4O5/c1-3-33-17-19(15-32)25(37)35-27(12-10-20(36)11-13-27)26(38)34-16-18-4-6-21(7-5-18)40-24-9-8-22(39-2)14-23(24)28(29,30)31/h3-9,14-15,17,20,36H,1,10-13,16,32H2,2H3,(H,34,38)(H,35,37)/b19-15+,33-17-. The molecule has 0 unspecified atom stereocenters. The third kappa shape index (κ3) is 7.63. The van der Waals surface area contributed by atoms with Gasteiger partial charge >= 0.3 is 6.18 Å². The fraction of sp³-hybridized carbons (Fsp3) is 0.321. The van der Waals surface area contributed by atoms with Crippen LogP contribution in [0.15, 0.2) is 72.0 Å². The second-order valence-electron chi connectivity index (χ2n) is 9.14. The molecule has 1 saturated carbocycles. The molecule has 0 spiro atoms. The summed E-state index contributed by atoms with van der Waals surface area (Å²) in [6.07, 6.45) is -0.664. The third-order valence-corrected chi connectivity index (χ3v) is 6.45. The number of ether oxygens (including phenoxy) is 2. The summed E-state index contributed by atoms with van der Waals surface area (Å²) >= 11 is 0. The van der Waals surface area contributed by atoms with Crippen LogP contribution in [0.4, 0.5) is 13.2 Å². The maximum atomic E-state index is 13.5. The van der Waals surface area contributed by atoms with Crippen LogP contribution in [0.2, 0.25) is 0 Å². The molecule has 0 aliphatic heterocycles. The molecule has 2 aromatic rings.